The summed E-state index contributed by atoms with van der Waals surface area (Å²) in [5.74, 6) is -0.0485. The number of carbonyl (C=O) groups is 2. The van der Waals surface area contributed by atoms with Crippen LogP contribution < -0.4 is 5.32 Å². The zero-order valence-electron chi connectivity index (χ0n) is 14.0. The highest BCUT2D eigenvalue weighted by Crippen LogP contribution is 2.12. The fourth-order valence-corrected chi connectivity index (χ4v) is 2.85. The Morgan fingerprint density at radius 3 is 2.40 bits per heavy atom. The Morgan fingerprint density at radius 1 is 1.04 bits per heavy atom. The maximum absolute atomic E-state index is 12.3. The molecule has 128 valence electrons. The van der Waals surface area contributed by atoms with E-state index in [0.717, 1.165) is 18.4 Å². The van der Waals surface area contributed by atoms with Gasteiger partial charge >= 0.3 is 0 Å². The maximum Gasteiger partial charge on any atom is 0.251 e. The standard InChI is InChI=1S/C20H21N3O2/c24-19(7-6-16-8-12-21-13-9-16)23-14-10-18(11-15-23)22-20(25)17-4-2-1-3-5-17/h1-9,12-13,18H,10-11,14-15H2,(H,22,25)/b7-6+. The predicted octanol–water partition coefficient (Wildman–Crippen LogP) is 2.52. The second-order valence-corrected chi connectivity index (χ2v) is 6.05. The molecule has 5 heteroatoms. The van der Waals surface area contributed by atoms with Crippen LogP contribution in [0.2, 0.25) is 0 Å². The summed E-state index contributed by atoms with van der Waals surface area (Å²) >= 11 is 0. The number of benzene rings is 1. The summed E-state index contributed by atoms with van der Waals surface area (Å²) < 4.78 is 0. The van der Waals surface area contributed by atoms with Crippen molar-refractivity contribution in [2.45, 2.75) is 18.9 Å². The van der Waals surface area contributed by atoms with Crippen LogP contribution in [0.1, 0.15) is 28.8 Å². The second-order valence-electron chi connectivity index (χ2n) is 6.05. The summed E-state index contributed by atoms with van der Waals surface area (Å²) in [6.07, 6.45) is 8.34. The van der Waals surface area contributed by atoms with Crippen LogP contribution in [0.3, 0.4) is 0 Å². The van der Waals surface area contributed by atoms with Crippen molar-refractivity contribution in [3.05, 3.63) is 72.1 Å². The zero-order valence-corrected chi connectivity index (χ0v) is 14.0. The number of piperidine rings is 1. The van der Waals surface area contributed by atoms with E-state index in [9.17, 15) is 9.59 Å². The molecule has 1 N–H and O–H groups in total. The summed E-state index contributed by atoms with van der Waals surface area (Å²) in [5, 5.41) is 3.05. The van der Waals surface area contributed by atoms with Crippen molar-refractivity contribution < 1.29 is 9.59 Å². The smallest absolute Gasteiger partial charge is 0.251 e. The molecule has 0 saturated carbocycles. The van der Waals surface area contributed by atoms with Crippen molar-refractivity contribution in [3.63, 3.8) is 0 Å². The largest absolute Gasteiger partial charge is 0.349 e. The Labute approximate surface area is 147 Å². The minimum Gasteiger partial charge on any atom is -0.349 e. The third kappa shape index (κ3) is 4.76. The highest BCUT2D eigenvalue weighted by atomic mass is 16.2. The van der Waals surface area contributed by atoms with Gasteiger partial charge in [-0.2, -0.15) is 0 Å². The third-order valence-corrected chi connectivity index (χ3v) is 4.30. The van der Waals surface area contributed by atoms with Crippen molar-refractivity contribution in [2.75, 3.05) is 13.1 Å². The Balaban J connectivity index is 1.47. The molecule has 1 aliphatic rings. The molecule has 0 spiro atoms. The van der Waals surface area contributed by atoms with Crippen LogP contribution >= 0.6 is 0 Å². The van der Waals surface area contributed by atoms with Crippen LogP contribution in [-0.2, 0) is 4.79 Å². The van der Waals surface area contributed by atoms with Gasteiger partial charge in [-0.25, -0.2) is 0 Å². The van der Waals surface area contributed by atoms with E-state index in [4.69, 9.17) is 0 Å². The molecule has 2 heterocycles. The number of carbonyl (C=O) groups excluding carboxylic acids is 2. The molecule has 1 aromatic carbocycles. The average molecular weight is 335 g/mol. The lowest BCUT2D eigenvalue weighted by atomic mass is 10.0. The lowest BCUT2D eigenvalue weighted by Gasteiger charge is -2.31. The highest BCUT2D eigenvalue weighted by Gasteiger charge is 2.23. The fourth-order valence-electron chi connectivity index (χ4n) is 2.85. The van der Waals surface area contributed by atoms with Gasteiger partial charge in [0.05, 0.1) is 0 Å². The number of aromatic nitrogens is 1. The summed E-state index contributed by atoms with van der Waals surface area (Å²) in [6, 6.07) is 13.0. The Hall–Kier alpha value is -2.95. The number of nitrogens with one attached hydrogen (secondary N) is 1. The molecule has 5 nitrogen and oxygen atoms in total. The van der Waals surface area contributed by atoms with Gasteiger partial charge in [-0.3, -0.25) is 14.6 Å². The number of rotatable bonds is 4. The molecule has 0 bridgehead atoms. The molecule has 1 fully saturated rings. The van der Waals surface area contributed by atoms with Crippen molar-refractivity contribution in [2.24, 2.45) is 0 Å². The van der Waals surface area contributed by atoms with E-state index in [2.05, 4.69) is 10.3 Å². The van der Waals surface area contributed by atoms with Crippen LogP contribution in [0.5, 0.6) is 0 Å². The molecule has 2 aromatic rings. The van der Waals surface area contributed by atoms with Gasteiger partial charge in [-0.1, -0.05) is 18.2 Å². The first kappa shape index (κ1) is 16.9. The molecule has 3 rings (SSSR count). The van der Waals surface area contributed by atoms with Gasteiger partial charge in [0.25, 0.3) is 5.91 Å². The van der Waals surface area contributed by atoms with Crippen LogP contribution in [0.25, 0.3) is 6.08 Å². The first-order chi connectivity index (χ1) is 12.2. The van der Waals surface area contributed by atoms with Gasteiger partial charge in [-0.15, -0.1) is 0 Å². The summed E-state index contributed by atoms with van der Waals surface area (Å²) in [6.45, 7) is 1.30. The number of hydrogen-bond acceptors (Lipinski definition) is 3. The van der Waals surface area contributed by atoms with Gasteiger partial charge in [0.1, 0.15) is 0 Å². The molecule has 1 saturated heterocycles. The quantitative estimate of drug-likeness (QED) is 0.873. The molecule has 0 radical (unpaired) electrons. The van der Waals surface area contributed by atoms with E-state index in [0.29, 0.717) is 18.7 Å². The number of hydrogen-bond donors (Lipinski definition) is 1. The lowest BCUT2D eigenvalue weighted by molar-refractivity contribution is -0.126. The second kappa shape index (κ2) is 8.24. The number of likely N-dealkylation sites (tertiary alicyclic amines) is 1. The summed E-state index contributed by atoms with van der Waals surface area (Å²) in [7, 11) is 0. The normalized spacial score (nSPS) is 15.3. The van der Waals surface area contributed by atoms with Gasteiger partial charge < -0.3 is 10.2 Å². The van der Waals surface area contributed by atoms with Gasteiger partial charge in [0.2, 0.25) is 5.91 Å². The Morgan fingerprint density at radius 2 is 1.72 bits per heavy atom. The van der Waals surface area contributed by atoms with Crippen LogP contribution in [0.4, 0.5) is 0 Å². The number of nitrogens with zero attached hydrogens (tertiary/aromatic N) is 2. The van der Waals surface area contributed by atoms with Crippen molar-refractivity contribution in [1.29, 1.82) is 0 Å². The van der Waals surface area contributed by atoms with Crippen molar-refractivity contribution in [3.8, 4) is 0 Å². The van der Waals surface area contributed by atoms with E-state index in [-0.39, 0.29) is 17.9 Å². The molecule has 2 amide bonds. The molecular formula is C20H21N3O2. The predicted molar refractivity (Wildman–Crippen MR) is 96.8 cm³/mol. The monoisotopic (exact) mass is 335 g/mol. The third-order valence-electron chi connectivity index (χ3n) is 4.30. The Bertz CT molecular complexity index is 736. The minimum absolute atomic E-state index is 0.00430. The van der Waals surface area contributed by atoms with E-state index in [1.54, 1.807) is 36.7 Å². The first-order valence-electron chi connectivity index (χ1n) is 8.45. The minimum atomic E-state index is -0.0528. The molecule has 0 unspecified atom stereocenters. The topological polar surface area (TPSA) is 62.3 Å². The van der Waals surface area contributed by atoms with Gasteiger partial charge in [-0.05, 0) is 48.7 Å². The van der Waals surface area contributed by atoms with Crippen LogP contribution in [0, 0.1) is 0 Å². The van der Waals surface area contributed by atoms with Gasteiger partial charge in [0, 0.05) is 43.2 Å². The molecule has 1 aromatic heterocycles. The fraction of sp³-hybridized carbons (Fsp3) is 0.250. The molecule has 0 atom stereocenters. The molecule has 25 heavy (non-hydrogen) atoms. The summed E-state index contributed by atoms with van der Waals surface area (Å²) in [5.41, 5.74) is 1.62. The highest BCUT2D eigenvalue weighted by molar-refractivity contribution is 5.94. The van der Waals surface area contributed by atoms with Gasteiger partial charge in [0.15, 0.2) is 0 Å². The van der Waals surface area contributed by atoms with Crippen LogP contribution in [-0.4, -0.2) is 40.8 Å². The van der Waals surface area contributed by atoms with E-state index < -0.39 is 0 Å². The zero-order chi connectivity index (χ0) is 17.5. The van der Waals surface area contributed by atoms with E-state index in [1.807, 2.05) is 35.2 Å². The average Bonchev–Trinajstić information content (AvgIpc) is 2.68. The van der Waals surface area contributed by atoms with Crippen LogP contribution in [0.15, 0.2) is 60.9 Å². The SMILES string of the molecule is O=C(NC1CCN(C(=O)/C=C/c2ccncc2)CC1)c1ccccc1. The number of pyridine rings is 1. The molecule has 0 aliphatic carbocycles. The molecule has 1 aliphatic heterocycles. The lowest BCUT2D eigenvalue weighted by Crippen LogP contribution is -2.46. The van der Waals surface area contributed by atoms with Crippen molar-refractivity contribution in [1.82, 2.24) is 15.2 Å². The summed E-state index contributed by atoms with van der Waals surface area (Å²) in [4.78, 5) is 30.2. The molecular weight excluding hydrogens is 314 g/mol. The van der Waals surface area contributed by atoms with E-state index >= 15 is 0 Å². The first-order valence-corrected chi connectivity index (χ1v) is 8.45. The maximum atomic E-state index is 12.3. The van der Waals surface area contributed by atoms with Crippen molar-refractivity contribution >= 4 is 17.9 Å². The Kier molecular flexibility index (Phi) is 5.57. The number of amides is 2. The van der Waals surface area contributed by atoms with E-state index in [1.165, 1.54) is 0 Å².